The Bertz CT molecular complexity index is 845. The predicted molar refractivity (Wildman–Crippen MR) is 86.4 cm³/mol. The number of pyridine rings is 2. The lowest BCUT2D eigenvalue weighted by Crippen LogP contribution is -1.92. The van der Waals surface area contributed by atoms with Crippen LogP contribution in [-0.2, 0) is 0 Å². The maximum Gasteiger partial charge on any atom is 0.156 e. The second kappa shape index (κ2) is 5.87. The highest BCUT2D eigenvalue weighted by Gasteiger charge is 2.12. The van der Waals surface area contributed by atoms with Crippen LogP contribution in [0.25, 0.3) is 11.0 Å². The van der Waals surface area contributed by atoms with E-state index >= 15 is 0 Å². The van der Waals surface area contributed by atoms with Gasteiger partial charge in [-0.05, 0) is 44.0 Å². The van der Waals surface area contributed by atoms with Crippen LogP contribution in [0, 0.1) is 5.82 Å². The van der Waals surface area contributed by atoms with Crippen molar-refractivity contribution in [3.63, 3.8) is 0 Å². The highest BCUT2D eigenvalue weighted by molar-refractivity contribution is 9.10. The molecule has 7 heteroatoms. The fraction of sp³-hybridized carbons (Fsp3) is 0. The molecule has 0 fully saturated rings. The number of halogens is 4. The Labute approximate surface area is 141 Å². The van der Waals surface area contributed by atoms with Gasteiger partial charge < -0.3 is 4.74 Å². The smallest absolute Gasteiger partial charge is 0.156 e. The lowest BCUT2D eigenvalue weighted by Gasteiger charge is -2.10. The lowest BCUT2D eigenvalue weighted by molar-refractivity contribution is 0.477. The van der Waals surface area contributed by atoms with Crippen LogP contribution in [0.15, 0.2) is 45.6 Å². The Morgan fingerprint density at radius 2 is 1.90 bits per heavy atom. The number of fused-ring (bicyclic) bond motifs is 1. The van der Waals surface area contributed by atoms with Crippen molar-refractivity contribution < 1.29 is 9.13 Å². The van der Waals surface area contributed by atoms with E-state index in [-0.39, 0.29) is 5.02 Å². The summed E-state index contributed by atoms with van der Waals surface area (Å²) < 4.78 is 20.7. The van der Waals surface area contributed by atoms with Crippen LogP contribution in [0.3, 0.4) is 0 Å². The first kappa shape index (κ1) is 14.7. The van der Waals surface area contributed by atoms with Crippen LogP contribution < -0.4 is 4.74 Å². The minimum absolute atomic E-state index is 0.0240. The maximum absolute atomic E-state index is 13.6. The number of benzene rings is 1. The predicted octanol–water partition coefficient (Wildman–Crippen LogP) is 5.74. The molecule has 0 aliphatic heterocycles. The van der Waals surface area contributed by atoms with Gasteiger partial charge in [-0.1, -0.05) is 11.6 Å². The summed E-state index contributed by atoms with van der Waals surface area (Å²) >= 11 is 12.3. The van der Waals surface area contributed by atoms with Crippen LogP contribution >= 0.6 is 43.5 Å². The Balaban J connectivity index is 2.08. The Kier molecular flexibility index (Phi) is 4.10. The fourth-order valence-corrected chi connectivity index (χ4v) is 2.80. The van der Waals surface area contributed by atoms with Gasteiger partial charge in [0.25, 0.3) is 0 Å². The molecule has 21 heavy (non-hydrogen) atoms. The number of nitrogens with zero attached hydrogens (tertiary/aromatic N) is 2. The van der Waals surface area contributed by atoms with Crippen molar-refractivity contribution in [1.82, 2.24) is 9.97 Å². The average Bonchev–Trinajstić information content (AvgIpc) is 2.44. The van der Waals surface area contributed by atoms with E-state index in [1.165, 1.54) is 12.1 Å². The van der Waals surface area contributed by atoms with Crippen molar-refractivity contribution >= 4 is 54.5 Å². The molecule has 2 aromatic heterocycles. The maximum atomic E-state index is 13.6. The number of ether oxygens (including phenoxy) is 1. The molecule has 0 bridgehead atoms. The molecule has 0 saturated heterocycles. The fourth-order valence-electron chi connectivity index (χ4n) is 1.76. The van der Waals surface area contributed by atoms with E-state index in [1.807, 2.05) is 6.07 Å². The minimum atomic E-state index is -0.552. The largest absolute Gasteiger partial charge is 0.454 e. The number of hydrogen-bond donors (Lipinski definition) is 0. The van der Waals surface area contributed by atoms with Crippen LogP contribution in [0.1, 0.15) is 0 Å². The molecule has 0 unspecified atom stereocenters. The van der Waals surface area contributed by atoms with Gasteiger partial charge >= 0.3 is 0 Å². The zero-order chi connectivity index (χ0) is 15.0. The van der Waals surface area contributed by atoms with E-state index in [4.69, 9.17) is 16.3 Å². The normalized spacial score (nSPS) is 10.9. The topological polar surface area (TPSA) is 35.0 Å². The van der Waals surface area contributed by atoms with E-state index in [1.54, 1.807) is 18.5 Å². The SMILES string of the molecule is Fc1cc(Oc2ccnc3cc(Br)cnc23)c(Br)cc1Cl. The third kappa shape index (κ3) is 3.02. The molecule has 2 heterocycles. The van der Waals surface area contributed by atoms with Crippen molar-refractivity contribution in [1.29, 1.82) is 0 Å². The van der Waals surface area contributed by atoms with Crippen LogP contribution in [-0.4, -0.2) is 9.97 Å². The van der Waals surface area contributed by atoms with Crippen LogP contribution in [0.2, 0.25) is 5.02 Å². The third-order valence-electron chi connectivity index (χ3n) is 2.70. The molecule has 0 saturated carbocycles. The van der Waals surface area contributed by atoms with Gasteiger partial charge in [0.15, 0.2) is 5.75 Å². The number of hydrogen-bond acceptors (Lipinski definition) is 3. The molecule has 106 valence electrons. The van der Waals surface area contributed by atoms with Crippen molar-refractivity contribution in [2.75, 3.05) is 0 Å². The molecule has 0 atom stereocenters. The molecule has 0 aliphatic rings. The van der Waals surface area contributed by atoms with Crippen molar-refractivity contribution in [2.24, 2.45) is 0 Å². The molecule has 0 N–H and O–H groups in total. The summed E-state index contributed by atoms with van der Waals surface area (Å²) in [4.78, 5) is 8.50. The molecule has 1 aromatic carbocycles. The second-order valence-corrected chi connectivity index (χ2v) is 6.31. The zero-order valence-electron chi connectivity index (χ0n) is 10.3. The Morgan fingerprint density at radius 3 is 2.71 bits per heavy atom. The van der Waals surface area contributed by atoms with Gasteiger partial charge in [0.05, 0.1) is 15.0 Å². The minimum Gasteiger partial charge on any atom is -0.454 e. The summed E-state index contributed by atoms with van der Waals surface area (Å²) in [5.41, 5.74) is 1.26. The second-order valence-electron chi connectivity index (χ2n) is 4.13. The van der Waals surface area contributed by atoms with Crippen molar-refractivity contribution in [2.45, 2.75) is 0 Å². The summed E-state index contributed by atoms with van der Waals surface area (Å²) in [6, 6.07) is 6.16. The molecule has 3 nitrogen and oxygen atoms in total. The first-order valence-electron chi connectivity index (χ1n) is 5.77. The van der Waals surface area contributed by atoms with E-state index in [0.717, 1.165) is 4.47 Å². The average molecular weight is 432 g/mol. The van der Waals surface area contributed by atoms with E-state index in [0.29, 0.717) is 27.0 Å². The van der Waals surface area contributed by atoms with Crippen LogP contribution in [0.5, 0.6) is 11.5 Å². The third-order valence-corrected chi connectivity index (χ3v) is 4.04. The van der Waals surface area contributed by atoms with Gasteiger partial charge in [-0.2, -0.15) is 0 Å². The summed E-state index contributed by atoms with van der Waals surface area (Å²) in [7, 11) is 0. The summed E-state index contributed by atoms with van der Waals surface area (Å²) in [6.45, 7) is 0. The van der Waals surface area contributed by atoms with Gasteiger partial charge in [0, 0.05) is 29.0 Å². The first-order valence-corrected chi connectivity index (χ1v) is 7.73. The molecular weight excluding hydrogens is 426 g/mol. The van der Waals surface area contributed by atoms with Gasteiger partial charge in [-0.25, -0.2) is 9.37 Å². The Hall–Kier alpha value is -1.24. The number of rotatable bonds is 2. The molecular formula is C14H6Br2ClFN2O. The lowest BCUT2D eigenvalue weighted by atomic mass is 10.3. The molecule has 3 aromatic rings. The van der Waals surface area contributed by atoms with Gasteiger partial charge in [0.2, 0.25) is 0 Å². The standard InChI is InChI=1S/C14H6Br2ClFN2O/c15-7-3-11-14(20-6-7)12(1-2-19-11)21-13-5-10(18)9(17)4-8(13)16/h1-6H. The quantitative estimate of drug-likeness (QED) is 0.485. The highest BCUT2D eigenvalue weighted by Crippen LogP contribution is 2.35. The summed E-state index contributed by atoms with van der Waals surface area (Å²) in [5.74, 6) is 0.243. The van der Waals surface area contributed by atoms with Crippen LogP contribution in [0.4, 0.5) is 4.39 Å². The monoisotopic (exact) mass is 430 g/mol. The molecule has 0 amide bonds. The zero-order valence-corrected chi connectivity index (χ0v) is 14.2. The van der Waals surface area contributed by atoms with Crippen molar-refractivity contribution in [3.8, 4) is 11.5 Å². The van der Waals surface area contributed by atoms with E-state index in [9.17, 15) is 4.39 Å². The van der Waals surface area contributed by atoms with Crippen molar-refractivity contribution in [3.05, 3.63) is 56.4 Å². The molecule has 0 aliphatic carbocycles. The first-order chi connectivity index (χ1) is 10.0. The Morgan fingerprint density at radius 1 is 1.10 bits per heavy atom. The summed E-state index contributed by atoms with van der Waals surface area (Å²) in [5, 5.41) is 0.0240. The van der Waals surface area contributed by atoms with E-state index in [2.05, 4.69) is 41.8 Å². The van der Waals surface area contributed by atoms with Gasteiger partial charge in [-0.15, -0.1) is 0 Å². The summed E-state index contributed by atoms with van der Waals surface area (Å²) in [6.07, 6.45) is 3.25. The van der Waals surface area contributed by atoms with E-state index < -0.39 is 5.82 Å². The molecule has 3 rings (SSSR count). The molecule has 0 spiro atoms. The number of aromatic nitrogens is 2. The van der Waals surface area contributed by atoms with Gasteiger partial charge in [0.1, 0.15) is 17.1 Å². The van der Waals surface area contributed by atoms with Gasteiger partial charge in [-0.3, -0.25) is 4.98 Å². The highest BCUT2D eigenvalue weighted by atomic mass is 79.9. The molecule has 0 radical (unpaired) electrons.